The quantitative estimate of drug-likeness (QED) is 0.777. The molecule has 5 rings (SSSR count). The molecule has 3 aliphatic rings. The third-order valence-electron chi connectivity index (χ3n) is 7.35. The molecule has 2 amide bonds. The van der Waals surface area contributed by atoms with Gasteiger partial charge in [0, 0.05) is 44.1 Å². The molecule has 2 aliphatic heterocycles. The monoisotopic (exact) mass is 388 g/mol. The fourth-order valence-corrected chi connectivity index (χ4v) is 5.92. The Morgan fingerprint density at radius 1 is 0.897 bits per heavy atom. The number of amides is 2. The lowest BCUT2D eigenvalue weighted by molar-refractivity contribution is -0.136. The fourth-order valence-electron chi connectivity index (χ4n) is 5.92. The van der Waals surface area contributed by atoms with Gasteiger partial charge in [-0.3, -0.25) is 9.59 Å². The summed E-state index contributed by atoms with van der Waals surface area (Å²) in [4.78, 5) is 30.1. The summed E-state index contributed by atoms with van der Waals surface area (Å²) in [5, 5.41) is 0. The van der Waals surface area contributed by atoms with Crippen LogP contribution in [-0.4, -0.2) is 36.3 Å². The van der Waals surface area contributed by atoms with Gasteiger partial charge >= 0.3 is 0 Å². The first-order chi connectivity index (χ1) is 14.1. The molecular formula is C25H28N2O2. The van der Waals surface area contributed by atoms with Crippen molar-refractivity contribution < 1.29 is 9.59 Å². The topological polar surface area (TPSA) is 40.6 Å². The van der Waals surface area contributed by atoms with Crippen molar-refractivity contribution in [1.29, 1.82) is 0 Å². The molecule has 0 radical (unpaired) electrons. The van der Waals surface area contributed by atoms with Gasteiger partial charge in [-0.25, -0.2) is 0 Å². The number of likely N-dealkylation sites (tertiary alicyclic amines) is 1. The van der Waals surface area contributed by atoms with Crippen molar-refractivity contribution in [2.75, 3.05) is 24.5 Å². The minimum Gasteiger partial charge on any atom is -0.341 e. The zero-order valence-corrected chi connectivity index (χ0v) is 17.0. The average Bonchev–Trinajstić information content (AvgIpc) is 3.41. The largest absolute Gasteiger partial charge is 0.341 e. The van der Waals surface area contributed by atoms with Crippen LogP contribution in [0, 0.1) is 5.92 Å². The standard InChI is InChI=1S/C25H28N2O2/c1-18(28)27-16-19-15-26(17-22(19)21-11-5-6-12-23(21)27)24(29)25(13-7-8-14-25)20-9-3-2-4-10-20/h2-6,9-12,19,22H,7-8,13-17H2,1H3. The Labute approximate surface area is 172 Å². The van der Waals surface area contributed by atoms with E-state index in [2.05, 4.69) is 23.1 Å². The van der Waals surface area contributed by atoms with Crippen LogP contribution in [0.15, 0.2) is 54.6 Å². The maximum atomic E-state index is 13.9. The zero-order chi connectivity index (χ0) is 20.0. The molecule has 2 fully saturated rings. The van der Waals surface area contributed by atoms with Crippen LogP contribution >= 0.6 is 0 Å². The van der Waals surface area contributed by atoms with Crippen molar-refractivity contribution in [2.45, 2.75) is 43.9 Å². The van der Waals surface area contributed by atoms with Gasteiger partial charge in [-0.15, -0.1) is 0 Å². The summed E-state index contributed by atoms with van der Waals surface area (Å²) in [6.45, 7) is 3.86. The number of nitrogens with zero attached hydrogens (tertiary/aromatic N) is 2. The van der Waals surface area contributed by atoms with Gasteiger partial charge in [-0.05, 0) is 30.0 Å². The predicted octanol–water partition coefficient (Wildman–Crippen LogP) is 4.11. The number of hydrogen-bond donors (Lipinski definition) is 0. The molecular weight excluding hydrogens is 360 g/mol. The number of anilines is 1. The minimum absolute atomic E-state index is 0.0808. The lowest BCUT2D eigenvalue weighted by Gasteiger charge is -2.35. The Bertz CT molecular complexity index is 933. The van der Waals surface area contributed by atoms with Gasteiger partial charge in [0.25, 0.3) is 0 Å². The molecule has 2 unspecified atom stereocenters. The second-order valence-corrected chi connectivity index (χ2v) is 8.92. The van der Waals surface area contributed by atoms with Crippen LogP contribution in [0.4, 0.5) is 5.69 Å². The second-order valence-electron chi connectivity index (χ2n) is 8.92. The molecule has 0 aromatic heterocycles. The highest BCUT2D eigenvalue weighted by atomic mass is 16.2. The molecule has 0 N–H and O–H groups in total. The molecule has 2 atom stereocenters. The third kappa shape index (κ3) is 2.88. The highest BCUT2D eigenvalue weighted by Crippen LogP contribution is 2.47. The first-order valence-electron chi connectivity index (χ1n) is 10.8. The number of hydrogen-bond acceptors (Lipinski definition) is 2. The lowest BCUT2D eigenvalue weighted by atomic mass is 9.77. The Morgan fingerprint density at radius 2 is 1.59 bits per heavy atom. The van der Waals surface area contributed by atoms with Gasteiger partial charge in [-0.2, -0.15) is 0 Å². The van der Waals surface area contributed by atoms with Crippen LogP contribution in [0.5, 0.6) is 0 Å². The second kappa shape index (κ2) is 7.01. The maximum Gasteiger partial charge on any atom is 0.233 e. The van der Waals surface area contributed by atoms with Gasteiger partial charge in [-0.1, -0.05) is 61.4 Å². The Hall–Kier alpha value is -2.62. The molecule has 1 aliphatic carbocycles. The number of carbonyl (C=O) groups excluding carboxylic acids is 2. The first-order valence-corrected chi connectivity index (χ1v) is 10.8. The first kappa shape index (κ1) is 18.4. The lowest BCUT2D eigenvalue weighted by Crippen LogP contribution is -2.45. The van der Waals surface area contributed by atoms with Crippen LogP contribution in [0.25, 0.3) is 0 Å². The molecule has 29 heavy (non-hydrogen) atoms. The molecule has 1 saturated heterocycles. The summed E-state index contributed by atoms with van der Waals surface area (Å²) in [7, 11) is 0. The van der Waals surface area contributed by atoms with Gasteiger partial charge in [0.1, 0.15) is 0 Å². The highest BCUT2D eigenvalue weighted by Gasteiger charge is 2.49. The summed E-state index contributed by atoms with van der Waals surface area (Å²) < 4.78 is 0. The summed E-state index contributed by atoms with van der Waals surface area (Å²) in [6, 6.07) is 18.6. The van der Waals surface area contributed by atoms with E-state index in [-0.39, 0.29) is 11.3 Å². The van der Waals surface area contributed by atoms with Crippen LogP contribution in [-0.2, 0) is 15.0 Å². The number of carbonyl (C=O) groups is 2. The maximum absolute atomic E-state index is 13.9. The van der Waals surface area contributed by atoms with Crippen molar-refractivity contribution in [1.82, 2.24) is 4.90 Å². The van der Waals surface area contributed by atoms with E-state index >= 15 is 0 Å². The van der Waals surface area contributed by atoms with E-state index in [1.165, 1.54) is 11.1 Å². The van der Waals surface area contributed by atoms with Crippen LogP contribution < -0.4 is 4.90 Å². The SMILES string of the molecule is CC(=O)N1CC2CN(C(=O)C3(c4ccccc4)CCCC3)CC2c2ccccc21. The van der Waals surface area contributed by atoms with Crippen LogP contribution in [0.3, 0.4) is 0 Å². The smallest absolute Gasteiger partial charge is 0.233 e. The van der Waals surface area contributed by atoms with Crippen molar-refractivity contribution in [3.05, 3.63) is 65.7 Å². The Balaban J connectivity index is 1.46. The molecule has 2 heterocycles. The van der Waals surface area contributed by atoms with Crippen LogP contribution in [0.1, 0.15) is 49.7 Å². The van der Waals surface area contributed by atoms with E-state index in [9.17, 15) is 9.59 Å². The average molecular weight is 389 g/mol. The molecule has 0 spiro atoms. The summed E-state index contributed by atoms with van der Waals surface area (Å²) in [5.74, 6) is 1.01. The number of para-hydroxylation sites is 1. The molecule has 2 aromatic carbocycles. The normalized spacial score (nSPS) is 24.9. The molecule has 2 aromatic rings. The molecule has 4 nitrogen and oxygen atoms in total. The van der Waals surface area contributed by atoms with E-state index in [4.69, 9.17) is 0 Å². The van der Waals surface area contributed by atoms with E-state index in [1.54, 1.807) is 6.92 Å². The van der Waals surface area contributed by atoms with Gasteiger partial charge < -0.3 is 9.80 Å². The van der Waals surface area contributed by atoms with Crippen LogP contribution in [0.2, 0.25) is 0 Å². The van der Waals surface area contributed by atoms with E-state index in [0.717, 1.165) is 44.5 Å². The Morgan fingerprint density at radius 3 is 2.31 bits per heavy atom. The highest BCUT2D eigenvalue weighted by molar-refractivity contribution is 5.93. The van der Waals surface area contributed by atoms with Gasteiger partial charge in [0.15, 0.2) is 0 Å². The summed E-state index contributed by atoms with van der Waals surface area (Å²) in [5.41, 5.74) is 3.04. The summed E-state index contributed by atoms with van der Waals surface area (Å²) >= 11 is 0. The minimum atomic E-state index is -0.367. The number of benzene rings is 2. The van der Waals surface area contributed by atoms with Crippen molar-refractivity contribution in [2.24, 2.45) is 5.92 Å². The van der Waals surface area contributed by atoms with Gasteiger partial charge in [0.2, 0.25) is 11.8 Å². The van der Waals surface area contributed by atoms with E-state index < -0.39 is 0 Å². The third-order valence-corrected chi connectivity index (χ3v) is 7.35. The fraction of sp³-hybridized carbons (Fsp3) is 0.440. The molecule has 150 valence electrons. The molecule has 1 saturated carbocycles. The molecule has 0 bridgehead atoms. The Kier molecular flexibility index (Phi) is 4.45. The number of fused-ring (bicyclic) bond motifs is 3. The van der Waals surface area contributed by atoms with Gasteiger partial charge in [0.05, 0.1) is 5.41 Å². The van der Waals surface area contributed by atoms with Crippen molar-refractivity contribution in [3.63, 3.8) is 0 Å². The van der Waals surface area contributed by atoms with Crippen molar-refractivity contribution in [3.8, 4) is 0 Å². The zero-order valence-electron chi connectivity index (χ0n) is 17.0. The molecule has 4 heteroatoms. The number of rotatable bonds is 2. The van der Waals surface area contributed by atoms with E-state index in [1.807, 2.05) is 41.3 Å². The van der Waals surface area contributed by atoms with E-state index in [0.29, 0.717) is 24.3 Å². The van der Waals surface area contributed by atoms with Crippen molar-refractivity contribution >= 4 is 17.5 Å². The predicted molar refractivity (Wildman–Crippen MR) is 114 cm³/mol. The summed E-state index contributed by atoms with van der Waals surface area (Å²) in [6.07, 6.45) is 4.11.